The van der Waals surface area contributed by atoms with Crippen LogP contribution in [-0.4, -0.2) is 54.5 Å². The van der Waals surface area contributed by atoms with Crippen molar-refractivity contribution in [2.45, 2.75) is 6.54 Å². The third-order valence-corrected chi connectivity index (χ3v) is 4.37. The predicted octanol–water partition coefficient (Wildman–Crippen LogP) is 1.34. The van der Waals surface area contributed by atoms with E-state index in [0.29, 0.717) is 23.1 Å². The molecule has 0 aliphatic rings. The summed E-state index contributed by atoms with van der Waals surface area (Å²) < 4.78 is 17.4. The average Bonchev–Trinajstić information content (AvgIpc) is 3.35. The fourth-order valence-corrected chi connectivity index (χ4v) is 2.80. The summed E-state index contributed by atoms with van der Waals surface area (Å²) in [5.74, 6) is 0.978. The van der Waals surface area contributed by atoms with Gasteiger partial charge < -0.3 is 24.8 Å². The Bertz CT molecular complexity index is 1010. The van der Waals surface area contributed by atoms with E-state index in [-0.39, 0.29) is 24.6 Å². The molecule has 3 aromatic rings. The molecule has 10 nitrogen and oxygen atoms in total. The van der Waals surface area contributed by atoms with E-state index in [0.717, 1.165) is 5.56 Å². The van der Waals surface area contributed by atoms with Gasteiger partial charge in [-0.1, -0.05) is 6.07 Å². The molecule has 0 saturated carbocycles. The van der Waals surface area contributed by atoms with Crippen molar-refractivity contribution >= 4 is 11.8 Å². The predicted molar refractivity (Wildman–Crippen MR) is 112 cm³/mol. The first-order valence-electron chi connectivity index (χ1n) is 9.35. The van der Waals surface area contributed by atoms with E-state index in [4.69, 9.17) is 14.2 Å². The second-order valence-electron chi connectivity index (χ2n) is 6.35. The summed E-state index contributed by atoms with van der Waals surface area (Å²) in [4.78, 5) is 28.9. The number of nitrogens with zero attached hydrogens (tertiary/aromatic N) is 3. The van der Waals surface area contributed by atoms with E-state index in [1.54, 1.807) is 29.3 Å². The number of hydrogen-bond acceptors (Lipinski definition) is 7. The van der Waals surface area contributed by atoms with E-state index < -0.39 is 5.91 Å². The first kappa shape index (κ1) is 21.6. The Kier molecular flexibility index (Phi) is 7.05. The first-order chi connectivity index (χ1) is 15.0. The fraction of sp³-hybridized carbons (Fsp3) is 0.238. The van der Waals surface area contributed by atoms with Gasteiger partial charge in [-0.25, -0.2) is 9.67 Å². The Hall–Kier alpha value is -4.08. The topological polar surface area (TPSA) is 117 Å². The number of hydrogen-bond donors (Lipinski definition) is 2. The van der Waals surface area contributed by atoms with Crippen LogP contribution in [-0.2, 0) is 11.3 Å². The molecular formula is C21H23N5O5. The molecule has 2 amide bonds. The maximum absolute atomic E-state index is 12.4. The van der Waals surface area contributed by atoms with Crippen molar-refractivity contribution in [3.8, 4) is 23.1 Å². The van der Waals surface area contributed by atoms with Crippen molar-refractivity contribution in [2.24, 2.45) is 0 Å². The van der Waals surface area contributed by atoms with Gasteiger partial charge in [0.05, 0.1) is 27.9 Å². The number of pyridine rings is 1. The van der Waals surface area contributed by atoms with Crippen molar-refractivity contribution < 1.29 is 23.8 Å². The van der Waals surface area contributed by atoms with Crippen molar-refractivity contribution in [1.82, 2.24) is 25.4 Å². The van der Waals surface area contributed by atoms with Crippen LogP contribution < -0.4 is 24.8 Å². The average molecular weight is 425 g/mol. The summed E-state index contributed by atoms with van der Waals surface area (Å²) >= 11 is 0. The minimum absolute atomic E-state index is 0.186. The molecule has 0 radical (unpaired) electrons. The van der Waals surface area contributed by atoms with E-state index in [2.05, 4.69) is 20.7 Å². The Morgan fingerprint density at radius 2 is 1.77 bits per heavy atom. The molecule has 0 atom stereocenters. The highest BCUT2D eigenvalue weighted by Gasteiger charge is 2.17. The quantitative estimate of drug-likeness (QED) is 0.531. The van der Waals surface area contributed by atoms with Gasteiger partial charge >= 0.3 is 0 Å². The van der Waals surface area contributed by atoms with Crippen LogP contribution in [0.15, 0.2) is 48.9 Å². The zero-order valence-electron chi connectivity index (χ0n) is 17.4. The summed E-state index contributed by atoms with van der Waals surface area (Å²) in [6.45, 7) is 0.0968. The zero-order valence-corrected chi connectivity index (χ0v) is 17.4. The number of amides is 2. The number of ether oxygens (including phenoxy) is 3. The zero-order chi connectivity index (χ0) is 22.2. The molecule has 2 N–H and O–H groups in total. The van der Waals surface area contributed by atoms with Crippen molar-refractivity contribution in [3.05, 3.63) is 60.0 Å². The van der Waals surface area contributed by atoms with Crippen molar-refractivity contribution in [2.75, 3.05) is 27.9 Å². The van der Waals surface area contributed by atoms with Gasteiger partial charge in [-0.2, -0.15) is 5.10 Å². The molecule has 0 unspecified atom stereocenters. The number of nitrogens with one attached hydrogen (secondary N) is 2. The molecule has 2 aromatic heterocycles. The second kappa shape index (κ2) is 10.1. The number of carbonyl (C=O) groups excluding carboxylic acids is 2. The lowest BCUT2D eigenvalue weighted by Crippen LogP contribution is -2.36. The summed E-state index contributed by atoms with van der Waals surface area (Å²) in [7, 11) is 4.40. The largest absolute Gasteiger partial charge is 0.493 e. The Labute approximate surface area is 179 Å². The van der Waals surface area contributed by atoms with Crippen LogP contribution in [0, 0.1) is 0 Å². The summed E-state index contributed by atoms with van der Waals surface area (Å²) in [6, 6.07) is 8.49. The standard InChI is InChI=1S/C21H23N5O5/c1-29-16-9-15(10-17(30-2)20(16)31-3)21(28)24-13-19(27)23-12-14-5-6-18(22-11-14)26-8-4-7-25-26/h4-11H,12-13H2,1-3H3,(H,23,27)(H,24,28). The third kappa shape index (κ3) is 5.30. The maximum atomic E-state index is 12.4. The van der Waals surface area contributed by atoms with Crippen molar-refractivity contribution in [1.29, 1.82) is 0 Å². The third-order valence-electron chi connectivity index (χ3n) is 4.37. The van der Waals surface area contributed by atoms with Crippen molar-refractivity contribution in [3.63, 3.8) is 0 Å². The molecule has 0 aliphatic carbocycles. The highest BCUT2D eigenvalue weighted by molar-refractivity contribution is 5.97. The van der Waals surface area contributed by atoms with E-state index >= 15 is 0 Å². The highest BCUT2D eigenvalue weighted by Crippen LogP contribution is 2.38. The Morgan fingerprint density at radius 3 is 2.32 bits per heavy atom. The van der Waals surface area contributed by atoms with Crippen LogP contribution in [0.4, 0.5) is 0 Å². The minimum atomic E-state index is -0.445. The van der Waals surface area contributed by atoms with E-state index in [1.165, 1.54) is 33.5 Å². The molecule has 31 heavy (non-hydrogen) atoms. The molecule has 0 saturated heterocycles. The molecule has 2 heterocycles. The van der Waals surface area contributed by atoms with Gasteiger partial charge in [-0.3, -0.25) is 9.59 Å². The van der Waals surface area contributed by atoms with Gasteiger partial charge in [0.25, 0.3) is 5.91 Å². The lowest BCUT2D eigenvalue weighted by Gasteiger charge is -2.14. The van der Waals surface area contributed by atoms with Gasteiger partial charge in [-0.05, 0) is 29.8 Å². The van der Waals surface area contributed by atoms with Crippen LogP contribution in [0.2, 0.25) is 0 Å². The molecule has 3 rings (SSSR count). The molecule has 0 aliphatic heterocycles. The van der Waals surface area contributed by atoms with Gasteiger partial charge in [0.15, 0.2) is 17.3 Å². The smallest absolute Gasteiger partial charge is 0.251 e. The van der Waals surface area contributed by atoms with Crippen LogP contribution in [0.5, 0.6) is 17.2 Å². The number of benzene rings is 1. The fourth-order valence-electron chi connectivity index (χ4n) is 2.80. The van der Waals surface area contributed by atoms with Crippen LogP contribution in [0.1, 0.15) is 15.9 Å². The van der Waals surface area contributed by atoms with Gasteiger partial charge in [0, 0.05) is 30.7 Å². The maximum Gasteiger partial charge on any atom is 0.251 e. The summed E-state index contributed by atoms with van der Waals surface area (Å²) in [5, 5.41) is 9.42. The van der Waals surface area contributed by atoms with Gasteiger partial charge in [0.1, 0.15) is 0 Å². The van der Waals surface area contributed by atoms with Gasteiger partial charge in [-0.15, -0.1) is 0 Å². The number of carbonyl (C=O) groups is 2. The molecule has 0 bridgehead atoms. The van der Waals surface area contributed by atoms with E-state index in [9.17, 15) is 9.59 Å². The number of methoxy groups -OCH3 is 3. The lowest BCUT2D eigenvalue weighted by atomic mass is 10.1. The normalized spacial score (nSPS) is 10.3. The second-order valence-corrected chi connectivity index (χ2v) is 6.35. The number of aromatic nitrogens is 3. The molecule has 162 valence electrons. The molecule has 0 spiro atoms. The van der Waals surface area contributed by atoms with Crippen LogP contribution in [0.3, 0.4) is 0 Å². The van der Waals surface area contributed by atoms with Gasteiger partial charge in [0.2, 0.25) is 11.7 Å². The first-order valence-corrected chi connectivity index (χ1v) is 9.35. The van der Waals surface area contributed by atoms with E-state index in [1.807, 2.05) is 12.1 Å². The molecule has 0 fully saturated rings. The Morgan fingerprint density at radius 1 is 1.03 bits per heavy atom. The SMILES string of the molecule is COc1cc(C(=O)NCC(=O)NCc2ccc(-n3cccn3)nc2)cc(OC)c1OC. The van der Waals surface area contributed by atoms with Crippen LogP contribution >= 0.6 is 0 Å². The molecule has 1 aromatic carbocycles. The minimum Gasteiger partial charge on any atom is -0.493 e. The number of rotatable bonds is 9. The molecular weight excluding hydrogens is 402 g/mol. The van der Waals surface area contributed by atoms with Crippen LogP contribution in [0.25, 0.3) is 5.82 Å². The lowest BCUT2D eigenvalue weighted by molar-refractivity contribution is -0.120. The monoisotopic (exact) mass is 425 g/mol. The highest BCUT2D eigenvalue weighted by atomic mass is 16.5. The Balaban J connectivity index is 1.53. The molecule has 10 heteroatoms. The summed E-state index contributed by atoms with van der Waals surface area (Å²) in [5.41, 5.74) is 1.10. The summed E-state index contributed by atoms with van der Waals surface area (Å²) in [6.07, 6.45) is 5.12.